The maximum atomic E-state index is 11.1. The first-order valence-corrected chi connectivity index (χ1v) is 6.66. The van der Waals surface area contributed by atoms with Gasteiger partial charge in [-0.3, -0.25) is 4.57 Å². The van der Waals surface area contributed by atoms with Crippen LogP contribution in [0, 0.1) is 12.3 Å². The predicted octanol–water partition coefficient (Wildman–Crippen LogP) is -2.22. The van der Waals surface area contributed by atoms with Crippen LogP contribution in [-0.2, 0) is 15.2 Å². The second-order valence-electron chi connectivity index (χ2n) is 5.03. The molecule has 1 aliphatic heterocycles. The minimum atomic E-state index is -2.21. The molecule has 0 aromatic carbocycles. The Labute approximate surface area is 130 Å². The molecule has 0 unspecified atom stereocenters. The molecule has 5 N–H and O–H groups in total. The normalized spacial score (nSPS) is 30.6. The third-order valence-electron chi connectivity index (χ3n) is 3.79. The number of aromatic nitrogens is 4. The largest absolute Gasteiger partial charge is 0.393 e. The monoisotopic (exact) mass is 321 g/mol. The summed E-state index contributed by atoms with van der Waals surface area (Å²) in [6, 6.07) is 0. The maximum Gasteiger partial charge on any atom is 0.243 e. The quantitative estimate of drug-likeness (QED) is 0.363. The number of imidazole rings is 1. The van der Waals surface area contributed by atoms with Crippen LogP contribution in [0.2, 0.25) is 0 Å². The van der Waals surface area contributed by atoms with Crippen molar-refractivity contribution in [2.75, 3.05) is 25.6 Å². The van der Waals surface area contributed by atoms with Crippen LogP contribution in [0.4, 0.5) is 5.82 Å². The number of aliphatic hydroxyl groups excluding tert-OH is 1. The molecule has 122 valence electrons. The zero-order valence-electron chi connectivity index (χ0n) is 12.0. The van der Waals surface area contributed by atoms with Crippen molar-refractivity contribution in [2.45, 2.75) is 17.6 Å². The average molecular weight is 321 g/mol. The number of nitrogen functional groups attached to an aromatic ring is 1. The molecule has 23 heavy (non-hydrogen) atoms. The molecule has 2 aromatic rings. The molecule has 0 radical (unpaired) electrons. The number of nitrogens with two attached hydrogens (primary N) is 1. The zero-order chi connectivity index (χ0) is 16.7. The van der Waals surface area contributed by atoms with E-state index in [0.29, 0.717) is 0 Å². The first kappa shape index (κ1) is 15.6. The minimum Gasteiger partial charge on any atom is -0.393 e. The lowest BCUT2D eigenvalue weighted by atomic mass is 9.99. The van der Waals surface area contributed by atoms with E-state index in [1.165, 1.54) is 12.7 Å². The summed E-state index contributed by atoms with van der Waals surface area (Å²) in [7, 11) is 0. The first-order valence-electron chi connectivity index (χ1n) is 6.66. The van der Waals surface area contributed by atoms with Crippen molar-refractivity contribution in [3.63, 3.8) is 0 Å². The Kier molecular flexibility index (Phi) is 3.67. The van der Waals surface area contributed by atoms with Gasteiger partial charge >= 0.3 is 0 Å². The van der Waals surface area contributed by atoms with Gasteiger partial charge in [-0.1, -0.05) is 5.92 Å². The van der Waals surface area contributed by atoms with Crippen molar-refractivity contribution in [1.82, 2.24) is 19.5 Å². The summed E-state index contributed by atoms with van der Waals surface area (Å²) in [5, 5.41) is 31.4. The van der Waals surface area contributed by atoms with Crippen molar-refractivity contribution < 1.29 is 24.8 Å². The fraction of sp³-hybridized carbons (Fsp3) is 0.462. The molecule has 1 fully saturated rings. The van der Waals surface area contributed by atoms with E-state index in [1.54, 1.807) is 0 Å². The van der Waals surface area contributed by atoms with Crippen LogP contribution in [0.3, 0.4) is 0 Å². The number of rotatable bonds is 4. The van der Waals surface area contributed by atoms with Gasteiger partial charge in [0.2, 0.25) is 11.5 Å². The topological polar surface area (TPSA) is 149 Å². The van der Waals surface area contributed by atoms with E-state index >= 15 is 0 Å². The summed E-state index contributed by atoms with van der Waals surface area (Å²) in [6.07, 6.45) is 6.33. The Hall–Kier alpha value is -2.29. The second kappa shape index (κ2) is 5.41. The van der Waals surface area contributed by atoms with Gasteiger partial charge in [0.05, 0.1) is 12.9 Å². The molecule has 3 atom stereocenters. The molecule has 3 heterocycles. The van der Waals surface area contributed by atoms with Crippen molar-refractivity contribution in [3.05, 3.63) is 12.7 Å². The van der Waals surface area contributed by atoms with E-state index in [2.05, 4.69) is 20.9 Å². The van der Waals surface area contributed by atoms with Gasteiger partial charge in [0, 0.05) is 0 Å². The molecule has 10 nitrogen and oxygen atoms in total. The average Bonchev–Trinajstić information content (AvgIpc) is 3.08. The smallest absolute Gasteiger partial charge is 0.243 e. The third kappa shape index (κ3) is 2.07. The van der Waals surface area contributed by atoms with Gasteiger partial charge in [0.25, 0.3) is 0 Å². The molecule has 1 saturated heterocycles. The summed E-state index contributed by atoms with van der Waals surface area (Å²) in [5.41, 5.74) is 3.87. The van der Waals surface area contributed by atoms with Crippen LogP contribution in [0.5, 0.6) is 0 Å². The highest BCUT2D eigenvalue weighted by atomic mass is 16.7. The standard InChI is InChI=1S/C13H15N5O5/c1-2-3-23-12(20)5-22-8(4-19)13(12,21)18-7-17-9-10(14)15-6-16-11(9)18/h1,6-8,19-21H,3-5H2,(H2,14,15,16)/t8-,12-,13-/m1/s1. The Morgan fingerprint density at radius 3 is 2.96 bits per heavy atom. The summed E-state index contributed by atoms with van der Waals surface area (Å²) < 4.78 is 11.6. The van der Waals surface area contributed by atoms with E-state index in [4.69, 9.17) is 21.6 Å². The molecule has 0 aliphatic carbocycles. The van der Waals surface area contributed by atoms with E-state index in [-0.39, 0.29) is 23.6 Å². The van der Waals surface area contributed by atoms with E-state index in [9.17, 15) is 15.3 Å². The van der Waals surface area contributed by atoms with Gasteiger partial charge in [-0.15, -0.1) is 6.42 Å². The molecule has 10 heteroatoms. The summed E-state index contributed by atoms with van der Waals surface area (Å²) in [5.74, 6) is 0.0936. The molecule has 2 aromatic heterocycles. The third-order valence-corrected chi connectivity index (χ3v) is 3.79. The Bertz CT molecular complexity index is 774. The fourth-order valence-electron chi connectivity index (χ4n) is 2.62. The lowest BCUT2D eigenvalue weighted by Gasteiger charge is -2.38. The van der Waals surface area contributed by atoms with Crippen LogP contribution in [0.15, 0.2) is 12.7 Å². The Balaban J connectivity index is 2.18. The molecule has 0 saturated carbocycles. The van der Waals surface area contributed by atoms with Crippen molar-refractivity contribution in [2.24, 2.45) is 0 Å². The van der Waals surface area contributed by atoms with Gasteiger partial charge in [0.15, 0.2) is 11.5 Å². The van der Waals surface area contributed by atoms with E-state index < -0.39 is 30.8 Å². The molecular weight excluding hydrogens is 306 g/mol. The highest BCUT2D eigenvalue weighted by Gasteiger charge is 2.64. The summed E-state index contributed by atoms with van der Waals surface area (Å²) in [4.78, 5) is 11.8. The van der Waals surface area contributed by atoms with Crippen LogP contribution in [-0.4, -0.2) is 66.6 Å². The number of terminal acetylenes is 1. The molecular formula is C13H15N5O5. The lowest BCUT2D eigenvalue weighted by molar-refractivity contribution is -0.308. The van der Waals surface area contributed by atoms with E-state index in [0.717, 1.165) is 4.57 Å². The van der Waals surface area contributed by atoms with Crippen LogP contribution in [0.25, 0.3) is 11.2 Å². The predicted molar refractivity (Wildman–Crippen MR) is 76.5 cm³/mol. The number of fused-ring (bicyclic) bond motifs is 1. The SMILES string of the molecule is C#CCO[C@]1(O)CO[C@H](CO)[C@]1(O)n1cnc2c(N)ncnc21. The number of hydrogen-bond acceptors (Lipinski definition) is 9. The zero-order valence-corrected chi connectivity index (χ0v) is 12.0. The highest BCUT2D eigenvalue weighted by Crippen LogP contribution is 2.41. The van der Waals surface area contributed by atoms with Gasteiger partial charge in [-0.25, -0.2) is 15.0 Å². The fourth-order valence-corrected chi connectivity index (χ4v) is 2.62. The molecule has 0 amide bonds. The molecule has 0 bridgehead atoms. The Morgan fingerprint density at radius 2 is 2.26 bits per heavy atom. The molecule has 1 aliphatic rings. The summed E-state index contributed by atoms with van der Waals surface area (Å²) >= 11 is 0. The maximum absolute atomic E-state index is 11.1. The second-order valence-corrected chi connectivity index (χ2v) is 5.03. The molecule has 0 spiro atoms. The van der Waals surface area contributed by atoms with Gasteiger partial charge in [0.1, 0.15) is 31.2 Å². The van der Waals surface area contributed by atoms with Crippen LogP contribution >= 0.6 is 0 Å². The van der Waals surface area contributed by atoms with Gasteiger partial charge in [-0.05, 0) is 0 Å². The number of aliphatic hydroxyl groups is 3. The van der Waals surface area contributed by atoms with Gasteiger partial charge in [-0.2, -0.15) is 0 Å². The number of nitrogens with zero attached hydrogens (tertiary/aromatic N) is 4. The number of anilines is 1. The number of ether oxygens (including phenoxy) is 2. The van der Waals surface area contributed by atoms with Crippen LogP contribution < -0.4 is 5.73 Å². The number of hydrogen-bond donors (Lipinski definition) is 4. The lowest BCUT2D eigenvalue weighted by Crippen LogP contribution is -2.60. The van der Waals surface area contributed by atoms with Crippen LogP contribution in [0.1, 0.15) is 0 Å². The van der Waals surface area contributed by atoms with Crippen molar-refractivity contribution in [3.8, 4) is 12.3 Å². The highest BCUT2D eigenvalue weighted by molar-refractivity contribution is 5.81. The summed E-state index contributed by atoms with van der Waals surface area (Å²) in [6.45, 7) is -1.26. The van der Waals surface area contributed by atoms with Crippen molar-refractivity contribution in [1.29, 1.82) is 0 Å². The Morgan fingerprint density at radius 1 is 1.48 bits per heavy atom. The van der Waals surface area contributed by atoms with E-state index in [1.807, 2.05) is 0 Å². The van der Waals surface area contributed by atoms with Gasteiger partial charge < -0.3 is 30.5 Å². The molecule has 3 rings (SSSR count). The first-order chi connectivity index (χ1) is 11.0. The minimum absolute atomic E-state index is 0.102. The van der Waals surface area contributed by atoms with Crippen molar-refractivity contribution >= 4 is 17.0 Å².